The minimum atomic E-state index is -0.844. The van der Waals surface area contributed by atoms with Crippen molar-refractivity contribution < 1.29 is 19.1 Å². The summed E-state index contributed by atoms with van der Waals surface area (Å²) < 4.78 is 5.48. The molecule has 0 heterocycles. The van der Waals surface area contributed by atoms with Crippen LogP contribution >= 0.6 is 0 Å². The number of rotatable bonds is 17. The molecule has 9 heteroatoms. The summed E-state index contributed by atoms with van der Waals surface area (Å²) in [4.78, 5) is 35.5. The maximum absolute atomic E-state index is 12.2. The molecule has 1 rings (SSSR count). The maximum atomic E-state index is 12.2. The minimum absolute atomic E-state index is 0.0873. The van der Waals surface area contributed by atoms with Crippen molar-refractivity contribution in [2.24, 2.45) is 11.5 Å². The van der Waals surface area contributed by atoms with E-state index in [1.54, 1.807) is 17.9 Å². The molecule has 51 heavy (non-hydrogen) atoms. The second-order valence-electron chi connectivity index (χ2n) is 9.73. The fraction of sp³-hybridized carbons (Fsp3) is 0.548. The van der Waals surface area contributed by atoms with Crippen molar-refractivity contribution in [3.8, 4) is 0 Å². The first-order valence-electron chi connectivity index (χ1n) is 18.7. The minimum Gasteiger partial charge on any atom is -0.475 e. The third-order valence-electron chi connectivity index (χ3n) is 6.09. The van der Waals surface area contributed by atoms with Crippen LogP contribution < -0.4 is 22.1 Å². The number of carbonyl (C=O) groups excluding carboxylic acids is 3. The highest BCUT2D eigenvalue weighted by atomic mass is 16.5. The first-order valence-corrected chi connectivity index (χ1v) is 18.7. The summed E-state index contributed by atoms with van der Waals surface area (Å²) in [6.07, 6.45) is 26.0. The Balaban J connectivity index is -0.000000155. The third kappa shape index (κ3) is 35.4. The van der Waals surface area contributed by atoms with Gasteiger partial charge in [-0.15, -0.1) is 0 Å². The van der Waals surface area contributed by atoms with Crippen LogP contribution in [0.2, 0.25) is 0 Å². The Morgan fingerprint density at radius 3 is 2.04 bits per heavy atom. The molecule has 0 radical (unpaired) electrons. The molecule has 1 atom stereocenters. The lowest BCUT2D eigenvalue weighted by molar-refractivity contribution is -0.140. The summed E-state index contributed by atoms with van der Waals surface area (Å²) in [7, 11) is 1.83. The van der Waals surface area contributed by atoms with Crippen molar-refractivity contribution in [2.75, 3.05) is 26.7 Å². The average molecular weight is 718 g/mol. The van der Waals surface area contributed by atoms with Crippen LogP contribution in [-0.2, 0) is 19.1 Å². The molecule has 0 saturated heterocycles. The van der Waals surface area contributed by atoms with E-state index in [-0.39, 0.29) is 12.5 Å². The number of nitrogens with zero attached hydrogens (tertiary/aromatic N) is 1. The molecular weight excluding hydrogens is 638 g/mol. The van der Waals surface area contributed by atoms with Gasteiger partial charge in [0.05, 0.1) is 12.1 Å². The molecule has 0 aliphatic heterocycles. The van der Waals surface area contributed by atoms with Crippen LogP contribution in [0.4, 0.5) is 0 Å². The van der Waals surface area contributed by atoms with Crippen LogP contribution in [0.25, 0.3) is 0 Å². The summed E-state index contributed by atoms with van der Waals surface area (Å²) in [5.41, 5.74) is 13.5. The standard InChI is InChI=1S/C16H25N3O.C15H22N2O3.C3H8.4C2H6/c1-4-6-7-14(5-2)13-20-16(18)9-8-15(10-11-17)12-19-3;1-3-15(2,11-18)17(14(20)9-16-12-19)10-13-7-5-4-6-8-13;1-3-2;4*1-2/h4-7,9-12,19H,1,8,13,17-18H2,2-3H3;4-5,7,11-12H,3,6,8-10H2,1-2H3,(H,16,19);3H2,1-2H3;4*1-2H3/b7-6-,11-10-,14-5+,15-12+,16-9+;;;;;;. The number of carbonyl (C=O) groups is 3. The van der Waals surface area contributed by atoms with Crippen molar-refractivity contribution in [3.05, 3.63) is 96.3 Å². The maximum Gasteiger partial charge on any atom is 0.243 e. The zero-order valence-corrected chi connectivity index (χ0v) is 35.1. The molecule has 6 N–H and O–H groups in total. The summed E-state index contributed by atoms with van der Waals surface area (Å²) in [6, 6.07) is 0. The Kier molecular flexibility index (Phi) is 55.3. The normalized spacial score (nSPS) is 12.9. The number of ether oxygens (including phenoxy) is 1. The molecule has 1 unspecified atom stereocenters. The van der Waals surface area contributed by atoms with Gasteiger partial charge in [-0.25, -0.2) is 0 Å². The molecular formula is C42H79N5O4. The summed E-state index contributed by atoms with van der Waals surface area (Å²) >= 11 is 0. The van der Waals surface area contributed by atoms with Crippen LogP contribution in [0.15, 0.2) is 96.3 Å². The van der Waals surface area contributed by atoms with Crippen molar-refractivity contribution in [3.63, 3.8) is 0 Å². The summed E-state index contributed by atoms with van der Waals surface area (Å²) in [6.45, 7) is 30.2. The number of hydrogen-bond acceptors (Lipinski definition) is 7. The zero-order chi connectivity index (χ0) is 40.9. The molecule has 0 bridgehead atoms. The zero-order valence-electron chi connectivity index (χ0n) is 35.1. The highest BCUT2D eigenvalue weighted by molar-refractivity contribution is 5.84. The fourth-order valence-corrected chi connectivity index (χ4v) is 3.45. The monoisotopic (exact) mass is 718 g/mol. The first kappa shape index (κ1) is 58.9. The van der Waals surface area contributed by atoms with E-state index in [1.807, 2.05) is 125 Å². The van der Waals surface area contributed by atoms with Gasteiger partial charge in [-0.1, -0.05) is 137 Å². The van der Waals surface area contributed by atoms with Gasteiger partial charge in [-0.3, -0.25) is 9.59 Å². The molecule has 0 fully saturated rings. The molecule has 1 aliphatic carbocycles. The summed E-state index contributed by atoms with van der Waals surface area (Å²) in [5.74, 6) is 0.146. The average Bonchev–Trinajstić information content (AvgIpc) is 3.19. The molecule has 9 nitrogen and oxygen atoms in total. The molecule has 0 saturated carbocycles. The van der Waals surface area contributed by atoms with Crippen LogP contribution in [0.1, 0.15) is 122 Å². The van der Waals surface area contributed by atoms with Crippen LogP contribution in [0.3, 0.4) is 0 Å². The highest BCUT2D eigenvalue weighted by Crippen LogP contribution is 2.22. The lowest BCUT2D eigenvalue weighted by atomic mass is 9.95. The number of amides is 2. The first-order chi connectivity index (χ1) is 24.7. The van der Waals surface area contributed by atoms with Gasteiger partial charge in [0.25, 0.3) is 0 Å². The quantitative estimate of drug-likeness (QED) is 0.0668. The van der Waals surface area contributed by atoms with Gasteiger partial charge in [0.15, 0.2) is 5.88 Å². The number of aldehydes is 1. The molecule has 0 aromatic carbocycles. The second-order valence-corrected chi connectivity index (χ2v) is 9.73. The Hall–Kier alpha value is -4.27. The van der Waals surface area contributed by atoms with Gasteiger partial charge >= 0.3 is 0 Å². The Bertz CT molecular complexity index is 1040. The van der Waals surface area contributed by atoms with Gasteiger partial charge in [0.2, 0.25) is 12.3 Å². The van der Waals surface area contributed by atoms with Gasteiger partial charge in [-0.05, 0) is 75.2 Å². The molecule has 0 aromatic rings. The SMILES string of the molecule is C=C/C=C\C(=C/C)CO/C(N)=C/CC(/C=C\N)=C\NC.CC.CC.CC.CC.CCC.CCC(C)(C=O)N(CC1=CC=CCC1)C(=O)CNC=O. The molecule has 1 aliphatic rings. The van der Waals surface area contributed by atoms with Gasteiger partial charge in [0.1, 0.15) is 12.9 Å². The Labute approximate surface area is 314 Å². The lowest BCUT2D eigenvalue weighted by Gasteiger charge is -2.37. The van der Waals surface area contributed by atoms with E-state index in [2.05, 4.69) is 37.1 Å². The highest BCUT2D eigenvalue weighted by Gasteiger charge is 2.33. The third-order valence-corrected chi connectivity index (χ3v) is 6.09. The number of hydrogen-bond donors (Lipinski definition) is 4. The van der Waals surface area contributed by atoms with E-state index in [9.17, 15) is 14.4 Å². The predicted octanol–water partition coefficient (Wildman–Crippen LogP) is 9.18. The van der Waals surface area contributed by atoms with Crippen LogP contribution in [0, 0.1) is 0 Å². The van der Waals surface area contributed by atoms with Crippen molar-refractivity contribution in [1.82, 2.24) is 15.5 Å². The molecule has 296 valence electrons. The van der Waals surface area contributed by atoms with Crippen molar-refractivity contribution in [1.29, 1.82) is 0 Å². The largest absolute Gasteiger partial charge is 0.475 e. The predicted molar refractivity (Wildman–Crippen MR) is 225 cm³/mol. The van der Waals surface area contributed by atoms with E-state index in [0.717, 1.165) is 35.8 Å². The van der Waals surface area contributed by atoms with E-state index in [0.29, 0.717) is 38.3 Å². The van der Waals surface area contributed by atoms with Gasteiger partial charge < -0.3 is 36.5 Å². The Morgan fingerprint density at radius 2 is 1.63 bits per heavy atom. The van der Waals surface area contributed by atoms with Gasteiger partial charge in [-0.2, -0.15) is 0 Å². The molecule has 0 aromatic heterocycles. The molecule has 2 amide bonds. The number of nitrogens with one attached hydrogen (secondary N) is 2. The topological polar surface area (TPSA) is 140 Å². The summed E-state index contributed by atoms with van der Waals surface area (Å²) in [5, 5.41) is 5.32. The number of allylic oxidation sites excluding steroid dienone is 9. The number of nitrogens with two attached hydrogens (primary N) is 2. The lowest BCUT2D eigenvalue weighted by Crippen LogP contribution is -2.53. The van der Waals surface area contributed by atoms with Gasteiger partial charge in [0, 0.05) is 13.6 Å². The van der Waals surface area contributed by atoms with Crippen molar-refractivity contribution in [2.45, 2.75) is 128 Å². The Morgan fingerprint density at radius 1 is 1.04 bits per heavy atom. The van der Waals surface area contributed by atoms with E-state index in [1.165, 1.54) is 12.6 Å². The van der Waals surface area contributed by atoms with E-state index >= 15 is 0 Å². The van der Waals surface area contributed by atoms with Crippen molar-refractivity contribution >= 4 is 18.6 Å². The molecule has 0 spiro atoms. The fourth-order valence-electron chi connectivity index (χ4n) is 3.45. The second kappa shape index (κ2) is 47.8. The van der Waals surface area contributed by atoms with Crippen LogP contribution in [-0.4, -0.2) is 55.8 Å². The van der Waals surface area contributed by atoms with E-state index in [4.69, 9.17) is 16.2 Å². The van der Waals surface area contributed by atoms with E-state index < -0.39 is 5.54 Å². The smallest absolute Gasteiger partial charge is 0.243 e. The van der Waals surface area contributed by atoms with Crippen LogP contribution in [0.5, 0.6) is 0 Å².